The lowest BCUT2D eigenvalue weighted by atomic mass is 10.0. The van der Waals surface area contributed by atoms with Crippen molar-refractivity contribution in [2.24, 2.45) is 10.3 Å². The maximum absolute atomic E-state index is 13.2. The van der Waals surface area contributed by atoms with Gasteiger partial charge in [0, 0.05) is 26.2 Å². The fourth-order valence-corrected chi connectivity index (χ4v) is 3.14. The Morgan fingerprint density at radius 3 is 2.66 bits per heavy atom. The Morgan fingerprint density at radius 2 is 2.03 bits per heavy atom. The molecule has 2 amide bonds. The summed E-state index contributed by atoms with van der Waals surface area (Å²) in [6.07, 6.45) is -0.577. The van der Waals surface area contributed by atoms with Gasteiger partial charge in [-0.1, -0.05) is 35.5 Å². The lowest BCUT2D eigenvalue weighted by molar-refractivity contribution is -0.119. The van der Waals surface area contributed by atoms with Crippen LogP contribution in [0.25, 0.3) is 0 Å². The molecule has 0 saturated heterocycles. The molecule has 0 saturated carbocycles. The molecule has 0 aliphatic carbocycles. The predicted octanol–water partition coefficient (Wildman–Crippen LogP) is 2.08. The Hall–Kier alpha value is -3.40. The van der Waals surface area contributed by atoms with Crippen molar-refractivity contribution in [2.45, 2.75) is 31.9 Å². The summed E-state index contributed by atoms with van der Waals surface area (Å²) < 4.78 is 5.94. The van der Waals surface area contributed by atoms with Crippen LogP contribution < -0.4 is 10.7 Å². The molecule has 0 unspecified atom stereocenters. The number of rotatable bonds is 7. The van der Waals surface area contributed by atoms with Crippen molar-refractivity contribution in [3.8, 4) is 0 Å². The summed E-state index contributed by atoms with van der Waals surface area (Å²) in [7, 11) is 3.86. The third kappa shape index (κ3) is 7.09. The van der Waals surface area contributed by atoms with E-state index in [9.17, 15) is 9.59 Å². The fraction of sp³-hybridized carbons (Fsp3) is 0.455. The second kappa shape index (κ2) is 11.3. The van der Waals surface area contributed by atoms with Crippen molar-refractivity contribution in [2.75, 3.05) is 33.7 Å². The third-order valence-electron chi connectivity index (χ3n) is 4.88. The molecule has 1 aliphatic heterocycles. The Balaban J connectivity index is 2.13. The first-order valence-corrected chi connectivity index (χ1v) is 10.2. The van der Waals surface area contributed by atoms with E-state index in [-0.39, 0.29) is 12.2 Å². The topological polar surface area (TPSA) is 108 Å². The maximum atomic E-state index is 13.2. The first-order chi connectivity index (χ1) is 15.1. The molecular formula is C22H32N6O4. The number of carbonyl (C=O) groups excluding carboxylic acids is 2. The molecule has 0 aromatic heterocycles. The molecule has 32 heavy (non-hydrogen) atoms. The van der Waals surface area contributed by atoms with Crippen molar-refractivity contribution >= 4 is 24.6 Å². The standard InChI is InChI=1S/C22H32N6O4/c1-16(32-23-4)20(29)25-19-12-13-28(22(2,3)15-24-26-19)21(30)31-18(14-27(5)6)17-10-8-7-9-11-17/h7-11,18,24H,1,4,12-15H2,2-3,5-6H3,(H,25,26,29)/t18-/m1/s1. The highest BCUT2D eigenvalue weighted by molar-refractivity contribution is 6.04. The van der Waals surface area contributed by atoms with Crippen LogP contribution in [-0.4, -0.2) is 73.6 Å². The van der Waals surface area contributed by atoms with Gasteiger partial charge in [-0.25, -0.2) is 4.79 Å². The molecule has 174 valence electrons. The molecule has 0 fully saturated rings. The lowest BCUT2D eigenvalue weighted by Crippen LogP contribution is -2.55. The quantitative estimate of drug-likeness (QED) is 0.289. The summed E-state index contributed by atoms with van der Waals surface area (Å²) in [4.78, 5) is 33.6. The highest BCUT2D eigenvalue weighted by Crippen LogP contribution is 2.23. The smallest absolute Gasteiger partial charge is 0.410 e. The molecule has 10 heteroatoms. The number of ether oxygens (including phenoxy) is 1. The van der Waals surface area contributed by atoms with E-state index in [1.165, 1.54) is 0 Å². The molecule has 1 aromatic carbocycles. The highest BCUT2D eigenvalue weighted by atomic mass is 16.6. The van der Waals surface area contributed by atoms with Crippen LogP contribution in [0.15, 0.2) is 52.9 Å². The van der Waals surface area contributed by atoms with Gasteiger partial charge in [0.05, 0.1) is 12.1 Å². The molecule has 1 aliphatic rings. The van der Waals surface area contributed by atoms with Crippen LogP contribution in [0, 0.1) is 0 Å². The van der Waals surface area contributed by atoms with Crippen LogP contribution in [0.1, 0.15) is 31.9 Å². The number of hydrogen-bond donors (Lipinski definition) is 2. The van der Waals surface area contributed by atoms with E-state index in [0.717, 1.165) is 5.56 Å². The Morgan fingerprint density at radius 1 is 1.34 bits per heavy atom. The van der Waals surface area contributed by atoms with Crippen LogP contribution in [0.4, 0.5) is 4.79 Å². The number of amidine groups is 1. The fourth-order valence-electron chi connectivity index (χ4n) is 3.14. The third-order valence-corrected chi connectivity index (χ3v) is 4.88. The minimum Gasteiger partial charge on any atom is -0.440 e. The van der Waals surface area contributed by atoms with Crippen molar-refractivity contribution in [1.29, 1.82) is 0 Å². The number of hydrazone groups is 1. The van der Waals surface area contributed by atoms with E-state index in [1.807, 2.05) is 63.2 Å². The number of nitrogens with one attached hydrogen (secondary N) is 2. The summed E-state index contributed by atoms with van der Waals surface area (Å²) in [6.45, 7) is 11.7. The average Bonchev–Trinajstić information content (AvgIpc) is 2.72. The maximum Gasteiger partial charge on any atom is 0.410 e. The van der Waals surface area contributed by atoms with E-state index in [0.29, 0.717) is 25.5 Å². The van der Waals surface area contributed by atoms with Crippen LogP contribution in [0.3, 0.4) is 0 Å². The predicted molar refractivity (Wildman–Crippen MR) is 123 cm³/mol. The number of benzene rings is 1. The van der Waals surface area contributed by atoms with E-state index < -0.39 is 23.6 Å². The van der Waals surface area contributed by atoms with Crippen LogP contribution in [0.5, 0.6) is 0 Å². The van der Waals surface area contributed by atoms with Gasteiger partial charge in [-0.3, -0.25) is 4.79 Å². The molecule has 2 N–H and O–H groups in total. The van der Waals surface area contributed by atoms with E-state index in [4.69, 9.17) is 4.74 Å². The zero-order valence-corrected chi connectivity index (χ0v) is 19.1. The molecule has 10 nitrogen and oxygen atoms in total. The second-order valence-corrected chi connectivity index (χ2v) is 8.25. The van der Waals surface area contributed by atoms with Crippen LogP contribution >= 0.6 is 0 Å². The molecule has 0 bridgehead atoms. The van der Waals surface area contributed by atoms with Gasteiger partial charge < -0.3 is 30.1 Å². The highest BCUT2D eigenvalue weighted by Gasteiger charge is 2.35. The summed E-state index contributed by atoms with van der Waals surface area (Å²) in [5.74, 6) is -0.470. The van der Waals surface area contributed by atoms with E-state index >= 15 is 0 Å². The second-order valence-electron chi connectivity index (χ2n) is 8.25. The molecular weight excluding hydrogens is 412 g/mol. The lowest BCUT2D eigenvalue weighted by Gasteiger charge is -2.39. The monoisotopic (exact) mass is 444 g/mol. The number of oxime groups is 1. The first-order valence-electron chi connectivity index (χ1n) is 10.2. The van der Waals surface area contributed by atoms with E-state index in [1.54, 1.807) is 4.90 Å². The van der Waals surface area contributed by atoms with Crippen LogP contribution in [0.2, 0.25) is 0 Å². The first kappa shape index (κ1) is 24.9. The zero-order chi connectivity index (χ0) is 23.7. The minimum atomic E-state index is -0.595. The Kier molecular flexibility index (Phi) is 8.77. The molecule has 1 heterocycles. The largest absolute Gasteiger partial charge is 0.440 e. The number of carbonyl (C=O) groups is 2. The van der Waals surface area contributed by atoms with Gasteiger partial charge in [0.2, 0.25) is 5.76 Å². The molecule has 1 atom stereocenters. The van der Waals surface area contributed by atoms with Crippen molar-refractivity contribution in [3.05, 3.63) is 48.2 Å². The summed E-state index contributed by atoms with van der Waals surface area (Å²) in [5, 5.41) is 9.98. The number of nitrogens with zero attached hydrogens (tertiary/aromatic N) is 4. The Bertz CT molecular complexity index is 853. The minimum absolute atomic E-state index is 0.212. The Labute approximate surface area is 188 Å². The van der Waals surface area contributed by atoms with Crippen molar-refractivity contribution in [3.63, 3.8) is 0 Å². The SMILES string of the molecule is C=NOC(=C)C(=O)N/C1=N/NCC(C)(C)N(C(=O)O[C@H](CN(C)C)c2ccccc2)CC1. The molecule has 2 rings (SSSR count). The van der Waals surface area contributed by atoms with Crippen molar-refractivity contribution < 1.29 is 19.2 Å². The number of amides is 2. The molecule has 1 aromatic rings. The van der Waals surface area contributed by atoms with Crippen molar-refractivity contribution in [1.82, 2.24) is 20.5 Å². The molecule has 0 radical (unpaired) electrons. The summed E-state index contributed by atoms with van der Waals surface area (Å²) in [5.41, 5.74) is 3.26. The van der Waals surface area contributed by atoms with Gasteiger partial charge in [0.15, 0.2) is 0 Å². The van der Waals surface area contributed by atoms with Crippen LogP contribution in [-0.2, 0) is 14.4 Å². The average molecular weight is 445 g/mol. The zero-order valence-electron chi connectivity index (χ0n) is 19.1. The van der Waals surface area contributed by atoms with Gasteiger partial charge in [0.1, 0.15) is 11.9 Å². The van der Waals surface area contributed by atoms with Gasteiger partial charge in [-0.15, -0.1) is 0 Å². The van der Waals surface area contributed by atoms with Gasteiger partial charge >= 0.3 is 6.09 Å². The molecule has 0 spiro atoms. The van der Waals surface area contributed by atoms with Gasteiger partial charge in [-0.05, 0) is 40.1 Å². The van der Waals surface area contributed by atoms with E-state index in [2.05, 4.69) is 39.1 Å². The number of hydrogen-bond acceptors (Lipinski definition) is 8. The summed E-state index contributed by atoms with van der Waals surface area (Å²) >= 11 is 0. The van der Waals surface area contributed by atoms with Gasteiger partial charge in [-0.2, -0.15) is 5.10 Å². The number of likely N-dealkylation sites (N-methyl/N-ethyl adjacent to an activating group) is 1. The van der Waals surface area contributed by atoms with Gasteiger partial charge in [0.25, 0.3) is 5.91 Å². The summed E-state index contributed by atoms with van der Waals surface area (Å²) in [6, 6.07) is 9.64. The normalized spacial score (nSPS) is 18.2.